The molecule has 0 spiro atoms. The molecule has 0 radical (unpaired) electrons. The van der Waals surface area contributed by atoms with Crippen LogP contribution in [-0.2, 0) is 14.6 Å². The largest absolute Gasteiger partial charge is 0.357 e. The number of carbonyl (C=O) groups is 1. The van der Waals surface area contributed by atoms with Gasteiger partial charge in [0.2, 0.25) is 5.91 Å². The van der Waals surface area contributed by atoms with Crippen molar-refractivity contribution in [2.24, 2.45) is 4.99 Å². The first kappa shape index (κ1) is 23.7. The van der Waals surface area contributed by atoms with Gasteiger partial charge in [0, 0.05) is 44.2 Å². The Morgan fingerprint density at radius 1 is 1.19 bits per heavy atom. The van der Waals surface area contributed by atoms with E-state index in [4.69, 9.17) is 0 Å². The first-order chi connectivity index (χ1) is 12.6. The van der Waals surface area contributed by atoms with Crippen molar-refractivity contribution in [3.63, 3.8) is 0 Å². The number of carbonyl (C=O) groups excluding carboxylic acids is 1. The maximum absolute atomic E-state index is 12.0. The van der Waals surface area contributed by atoms with Crippen LogP contribution < -0.4 is 16.0 Å². The zero-order valence-electron chi connectivity index (χ0n) is 17.4. The third kappa shape index (κ3) is 9.41. The monoisotopic (exact) mass is 403 g/mol. The van der Waals surface area contributed by atoms with Crippen LogP contribution in [0.4, 0.5) is 0 Å². The summed E-state index contributed by atoms with van der Waals surface area (Å²) in [6.45, 7) is 13.5. The lowest BCUT2D eigenvalue weighted by molar-refractivity contribution is -0.121. The van der Waals surface area contributed by atoms with Gasteiger partial charge in [-0.1, -0.05) is 0 Å². The number of nitrogens with one attached hydrogen (secondary N) is 3. The Kier molecular flexibility index (Phi) is 10.1. The van der Waals surface area contributed by atoms with Crippen LogP contribution in [0.3, 0.4) is 0 Å². The van der Waals surface area contributed by atoms with Crippen LogP contribution >= 0.6 is 0 Å². The average Bonchev–Trinajstić information content (AvgIpc) is 2.89. The summed E-state index contributed by atoms with van der Waals surface area (Å²) in [6, 6.07) is 0.695. The van der Waals surface area contributed by atoms with Crippen LogP contribution in [0.25, 0.3) is 0 Å². The lowest BCUT2D eigenvalue weighted by atomic mass is 10.2. The Balaban J connectivity index is 2.37. The molecule has 1 heterocycles. The maximum atomic E-state index is 12.0. The van der Waals surface area contributed by atoms with Gasteiger partial charge in [0.25, 0.3) is 0 Å². The van der Waals surface area contributed by atoms with Gasteiger partial charge in [0.05, 0.1) is 18.1 Å². The van der Waals surface area contributed by atoms with Gasteiger partial charge in [0.1, 0.15) is 0 Å². The molecule has 0 aliphatic carbocycles. The highest BCUT2D eigenvalue weighted by atomic mass is 32.2. The lowest BCUT2D eigenvalue weighted by Crippen LogP contribution is -2.42. The second-order valence-corrected chi connectivity index (χ2v) is 9.76. The highest BCUT2D eigenvalue weighted by Gasteiger charge is 2.28. The minimum absolute atomic E-state index is 0.0540. The van der Waals surface area contributed by atoms with E-state index in [9.17, 15) is 13.2 Å². The third-order valence-electron chi connectivity index (χ3n) is 4.54. The van der Waals surface area contributed by atoms with E-state index in [0.29, 0.717) is 37.6 Å². The van der Waals surface area contributed by atoms with Crippen molar-refractivity contribution in [3.05, 3.63) is 0 Å². The number of hydrogen-bond acceptors (Lipinski definition) is 5. The van der Waals surface area contributed by atoms with E-state index >= 15 is 0 Å². The minimum Gasteiger partial charge on any atom is -0.357 e. The molecule has 0 aromatic rings. The Morgan fingerprint density at radius 2 is 1.85 bits per heavy atom. The molecular formula is C18H37N5O3S. The Morgan fingerprint density at radius 3 is 2.37 bits per heavy atom. The molecule has 27 heavy (non-hydrogen) atoms. The SMILES string of the molecule is CCNC(=NCCN(C(C)C)C(C)C)NCCC(=O)NC1CCS(=O)(=O)C1. The molecule has 1 rings (SSSR count). The minimum atomic E-state index is -2.98. The van der Waals surface area contributed by atoms with E-state index in [1.165, 1.54) is 0 Å². The summed E-state index contributed by atoms with van der Waals surface area (Å²) in [5.41, 5.74) is 0. The van der Waals surface area contributed by atoms with Crippen molar-refractivity contribution >= 4 is 21.7 Å². The van der Waals surface area contributed by atoms with Gasteiger partial charge in [-0.2, -0.15) is 0 Å². The van der Waals surface area contributed by atoms with E-state index < -0.39 is 9.84 Å². The van der Waals surface area contributed by atoms with Crippen molar-refractivity contribution in [3.8, 4) is 0 Å². The zero-order chi connectivity index (χ0) is 20.4. The second-order valence-electron chi connectivity index (χ2n) is 7.53. The molecule has 0 aromatic heterocycles. The molecule has 1 amide bonds. The average molecular weight is 404 g/mol. The van der Waals surface area contributed by atoms with Gasteiger partial charge in [0.15, 0.2) is 15.8 Å². The number of aliphatic imine (C=N–C) groups is 1. The van der Waals surface area contributed by atoms with Crippen molar-refractivity contribution < 1.29 is 13.2 Å². The summed E-state index contributed by atoms with van der Waals surface area (Å²) in [6.07, 6.45) is 0.791. The van der Waals surface area contributed by atoms with Crippen LogP contribution in [0.15, 0.2) is 4.99 Å². The molecular weight excluding hydrogens is 366 g/mol. The summed E-state index contributed by atoms with van der Waals surface area (Å²) in [5.74, 6) is 0.780. The molecule has 0 aromatic carbocycles. The predicted octanol–water partition coefficient (Wildman–Crippen LogP) is 0.354. The van der Waals surface area contributed by atoms with E-state index in [2.05, 4.69) is 53.5 Å². The molecule has 1 aliphatic heterocycles. The Hall–Kier alpha value is -1.35. The first-order valence-corrected chi connectivity index (χ1v) is 11.7. The molecule has 1 aliphatic rings. The van der Waals surface area contributed by atoms with Gasteiger partial charge in [-0.15, -0.1) is 0 Å². The van der Waals surface area contributed by atoms with Gasteiger partial charge in [-0.05, 0) is 41.0 Å². The van der Waals surface area contributed by atoms with Crippen LogP contribution in [-0.4, -0.2) is 81.0 Å². The molecule has 3 N–H and O–H groups in total. The molecule has 1 fully saturated rings. The van der Waals surface area contributed by atoms with E-state index in [-0.39, 0.29) is 29.9 Å². The fourth-order valence-corrected chi connectivity index (χ4v) is 4.91. The Bertz CT molecular complexity index is 582. The van der Waals surface area contributed by atoms with Gasteiger partial charge >= 0.3 is 0 Å². The van der Waals surface area contributed by atoms with Crippen LogP contribution in [0, 0.1) is 0 Å². The maximum Gasteiger partial charge on any atom is 0.222 e. The number of hydrogen-bond donors (Lipinski definition) is 3. The molecule has 0 saturated carbocycles. The predicted molar refractivity (Wildman–Crippen MR) is 111 cm³/mol. The molecule has 0 bridgehead atoms. The fourth-order valence-electron chi connectivity index (χ4n) is 3.23. The first-order valence-electron chi connectivity index (χ1n) is 9.92. The summed E-state index contributed by atoms with van der Waals surface area (Å²) in [4.78, 5) is 19.0. The smallest absolute Gasteiger partial charge is 0.222 e. The summed E-state index contributed by atoms with van der Waals surface area (Å²) >= 11 is 0. The quantitative estimate of drug-likeness (QED) is 0.359. The molecule has 1 saturated heterocycles. The highest BCUT2D eigenvalue weighted by Crippen LogP contribution is 2.11. The number of nitrogens with zero attached hydrogens (tertiary/aromatic N) is 2. The molecule has 8 nitrogen and oxygen atoms in total. The summed E-state index contributed by atoms with van der Waals surface area (Å²) in [5, 5.41) is 9.15. The zero-order valence-corrected chi connectivity index (χ0v) is 18.2. The topological polar surface area (TPSA) is 103 Å². The number of sulfone groups is 1. The van der Waals surface area contributed by atoms with Crippen molar-refractivity contribution in [1.29, 1.82) is 0 Å². The Labute approximate surface area is 164 Å². The van der Waals surface area contributed by atoms with Crippen molar-refractivity contribution in [2.75, 3.05) is 37.7 Å². The number of rotatable bonds is 10. The van der Waals surface area contributed by atoms with Crippen molar-refractivity contribution in [2.45, 2.75) is 65.6 Å². The van der Waals surface area contributed by atoms with Gasteiger partial charge < -0.3 is 16.0 Å². The summed E-state index contributed by atoms with van der Waals surface area (Å²) < 4.78 is 22.9. The second kappa shape index (κ2) is 11.5. The van der Waals surface area contributed by atoms with E-state index in [1.54, 1.807) is 0 Å². The summed E-state index contributed by atoms with van der Waals surface area (Å²) in [7, 11) is -2.98. The third-order valence-corrected chi connectivity index (χ3v) is 6.31. The molecule has 9 heteroatoms. The molecule has 1 atom stereocenters. The fraction of sp³-hybridized carbons (Fsp3) is 0.889. The highest BCUT2D eigenvalue weighted by molar-refractivity contribution is 7.91. The standard InChI is InChI=1S/C18H37N5O3S/c1-6-19-18(21-10-11-23(14(2)3)15(4)5)20-9-7-17(24)22-16-8-12-27(25,26)13-16/h14-16H,6-13H2,1-5H3,(H,22,24)(H2,19,20,21). The normalized spacial score (nSPS) is 19.7. The van der Waals surface area contributed by atoms with Gasteiger partial charge in [-0.3, -0.25) is 14.7 Å². The van der Waals surface area contributed by atoms with E-state index in [0.717, 1.165) is 13.1 Å². The number of guanidine groups is 1. The van der Waals surface area contributed by atoms with Crippen LogP contribution in [0.1, 0.15) is 47.5 Å². The van der Waals surface area contributed by atoms with E-state index in [1.807, 2.05) is 6.92 Å². The van der Waals surface area contributed by atoms with Crippen LogP contribution in [0.2, 0.25) is 0 Å². The molecule has 1 unspecified atom stereocenters. The number of amides is 1. The van der Waals surface area contributed by atoms with Crippen molar-refractivity contribution in [1.82, 2.24) is 20.9 Å². The molecule has 158 valence electrons. The lowest BCUT2D eigenvalue weighted by Gasteiger charge is -2.29. The van der Waals surface area contributed by atoms with Crippen LogP contribution in [0.5, 0.6) is 0 Å². The van der Waals surface area contributed by atoms with Gasteiger partial charge in [-0.25, -0.2) is 8.42 Å².